The second kappa shape index (κ2) is 8.44. The Labute approximate surface area is 145 Å². The number of nitrogens with one attached hydrogen (secondary N) is 1. The number of phenols is 2. The van der Waals surface area contributed by atoms with E-state index in [0.29, 0.717) is 11.5 Å². The molecular weight excluding hydrogens is 322 g/mol. The number of ether oxygens (including phenoxy) is 2. The molecule has 0 saturated carbocycles. The molecule has 0 aliphatic carbocycles. The first kappa shape index (κ1) is 17.9. The van der Waals surface area contributed by atoms with E-state index in [0.717, 1.165) is 11.1 Å². The number of hydrogen-bond acceptors (Lipinski definition) is 5. The standard InChI is InChI=1S/C19H19NO5/c1-24-17-11-13(3-6-15(17)21)5-8-19(23)20-10-9-14-4-7-16(22)18(12-14)25-2/h3-12,21-22H,1-2H3,(H,20,23). The third-order valence-electron chi connectivity index (χ3n) is 3.34. The summed E-state index contributed by atoms with van der Waals surface area (Å²) >= 11 is 0. The van der Waals surface area contributed by atoms with Gasteiger partial charge in [-0.05, 0) is 47.5 Å². The van der Waals surface area contributed by atoms with Crippen LogP contribution in [0.4, 0.5) is 0 Å². The zero-order chi connectivity index (χ0) is 18.2. The van der Waals surface area contributed by atoms with Crippen LogP contribution in [0.1, 0.15) is 11.1 Å². The van der Waals surface area contributed by atoms with Gasteiger partial charge in [-0.15, -0.1) is 0 Å². The van der Waals surface area contributed by atoms with Crippen LogP contribution in [0.2, 0.25) is 0 Å². The molecule has 2 aromatic rings. The van der Waals surface area contributed by atoms with Gasteiger partial charge in [-0.3, -0.25) is 4.79 Å². The molecule has 0 fully saturated rings. The van der Waals surface area contributed by atoms with E-state index in [9.17, 15) is 15.0 Å². The van der Waals surface area contributed by atoms with Crippen molar-refractivity contribution in [3.63, 3.8) is 0 Å². The molecule has 25 heavy (non-hydrogen) atoms. The molecule has 0 aromatic heterocycles. The van der Waals surface area contributed by atoms with Crippen molar-refractivity contribution in [1.29, 1.82) is 0 Å². The van der Waals surface area contributed by atoms with Gasteiger partial charge in [0.2, 0.25) is 5.91 Å². The monoisotopic (exact) mass is 341 g/mol. The summed E-state index contributed by atoms with van der Waals surface area (Å²) in [4.78, 5) is 11.8. The number of carbonyl (C=O) groups is 1. The molecule has 0 aliphatic rings. The topological polar surface area (TPSA) is 88.0 Å². The van der Waals surface area contributed by atoms with Gasteiger partial charge in [-0.25, -0.2) is 0 Å². The minimum Gasteiger partial charge on any atom is -0.504 e. The number of aromatic hydroxyl groups is 2. The van der Waals surface area contributed by atoms with Crippen molar-refractivity contribution >= 4 is 18.1 Å². The van der Waals surface area contributed by atoms with Crippen LogP contribution in [0.3, 0.4) is 0 Å². The Bertz CT molecular complexity index is 811. The molecule has 0 aliphatic heterocycles. The van der Waals surface area contributed by atoms with Gasteiger partial charge in [0.1, 0.15) is 0 Å². The maximum absolute atomic E-state index is 11.8. The molecule has 1 amide bonds. The minimum atomic E-state index is -0.311. The Balaban J connectivity index is 1.96. The molecule has 0 radical (unpaired) electrons. The largest absolute Gasteiger partial charge is 0.504 e. The molecule has 0 saturated heterocycles. The summed E-state index contributed by atoms with van der Waals surface area (Å²) in [5, 5.41) is 21.7. The highest BCUT2D eigenvalue weighted by Crippen LogP contribution is 2.27. The van der Waals surface area contributed by atoms with Crippen LogP contribution in [-0.2, 0) is 4.79 Å². The zero-order valence-corrected chi connectivity index (χ0v) is 13.9. The van der Waals surface area contributed by atoms with E-state index in [2.05, 4.69) is 5.32 Å². The normalized spacial score (nSPS) is 11.0. The number of hydrogen-bond donors (Lipinski definition) is 3. The van der Waals surface area contributed by atoms with Gasteiger partial charge >= 0.3 is 0 Å². The average molecular weight is 341 g/mol. The summed E-state index contributed by atoms with van der Waals surface area (Å²) < 4.78 is 10.0. The van der Waals surface area contributed by atoms with Crippen LogP contribution in [-0.4, -0.2) is 30.3 Å². The smallest absolute Gasteiger partial charge is 0.247 e. The van der Waals surface area contributed by atoms with Crippen LogP contribution < -0.4 is 14.8 Å². The van der Waals surface area contributed by atoms with Crippen molar-refractivity contribution in [3.8, 4) is 23.0 Å². The van der Waals surface area contributed by atoms with Gasteiger partial charge in [0, 0.05) is 12.3 Å². The molecule has 0 spiro atoms. The Hall–Kier alpha value is -3.41. The highest BCUT2D eigenvalue weighted by molar-refractivity contribution is 5.92. The number of rotatable bonds is 6. The van der Waals surface area contributed by atoms with E-state index in [1.54, 1.807) is 36.4 Å². The molecule has 0 bridgehead atoms. The molecule has 3 N–H and O–H groups in total. The first-order valence-electron chi connectivity index (χ1n) is 7.42. The third kappa shape index (κ3) is 5.04. The van der Waals surface area contributed by atoms with Crippen LogP contribution in [0.25, 0.3) is 12.2 Å². The third-order valence-corrected chi connectivity index (χ3v) is 3.34. The van der Waals surface area contributed by atoms with Crippen LogP contribution in [0.15, 0.2) is 48.7 Å². The van der Waals surface area contributed by atoms with Crippen LogP contribution in [0.5, 0.6) is 23.0 Å². The molecular formula is C19H19NO5. The lowest BCUT2D eigenvalue weighted by atomic mass is 10.2. The van der Waals surface area contributed by atoms with Crippen molar-refractivity contribution < 1.29 is 24.5 Å². The number of phenolic OH excluding ortho intramolecular Hbond substituents is 2. The first-order chi connectivity index (χ1) is 12.0. The number of methoxy groups -OCH3 is 2. The van der Waals surface area contributed by atoms with Gasteiger partial charge in [-0.2, -0.15) is 0 Å². The molecule has 6 heteroatoms. The van der Waals surface area contributed by atoms with Gasteiger partial charge in [0.25, 0.3) is 0 Å². The first-order valence-corrected chi connectivity index (χ1v) is 7.42. The lowest BCUT2D eigenvalue weighted by molar-refractivity contribution is -0.115. The fourth-order valence-electron chi connectivity index (χ4n) is 2.04. The van der Waals surface area contributed by atoms with E-state index in [1.807, 2.05) is 0 Å². The van der Waals surface area contributed by atoms with E-state index >= 15 is 0 Å². The highest BCUT2D eigenvalue weighted by Gasteiger charge is 2.02. The van der Waals surface area contributed by atoms with Crippen LogP contribution >= 0.6 is 0 Å². The molecule has 2 aromatic carbocycles. The SMILES string of the molecule is COc1cc(C=CNC(=O)C=Cc2ccc(O)c(OC)c2)ccc1O. The Morgan fingerprint density at radius 2 is 1.44 bits per heavy atom. The summed E-state index contributed by atoms with van der Waals surface area (Å²) in [6.07, 6.45) is 6.15. The van der Waals surface area contributed by atoms with E-state index in [-0.39, 0.29) is 17.4 Å². The van der Waals surface area contributed by atoms with E-state index in [4.69, 9.17) is 9.47 Å². The fraction of sp³-hybridized carbons (Fsp3) is 0.105. The van der Waals surface area contributed by atoms with Crippen molar-refractivity contribution in [1.82, 2.24) is 5.32 Å². The molecule has 6 nitrogen and oxygen atoms in total. The van der Waals surface area contributed by atoms with Gasteiger partial charge in [-0.1, -0.05) is 12.1 Å². The Morgan fingerprint density at radius 3 is 1.96 bits per heavy atom. The predicted molar refractivity (Wildman–Crippen MR) is 95.5 cm³/mol. The highest BCUT2D eigenvalue weighted by atomic mass is 16.5. The van der Waals surface area contributed by atoms with Crippen molar-refractivity contribution in [2.45, 2.75) is 0 Å². The molecule has 2 rings (SSSR count). The van der Waals surface area contributed by atoms with Gasteiger partial charge < -0.3 is 25.0 Å². The molecule has 0 atom stereocenters. The van der Waals surface area contributed by atoms with Crippen LogP contribution in [0, 0.1) is 0 Å². The second-order valence-corrected chi connectivity index (χ2v) is 5.04. The lowest BCUT2D eigenvalue weighted by Crippen LogP contribution is -2.13. The predicted octanol–water partition coefficient (Wildman–Crippen LogP) is 2.92. The van der Waals surface area contributed by atoms with Gasteiger partial charge in [0.05, 0.1) is 14.2 Å². The number of amides is 1. The molecule has 0 heterocycles. The zero-order valence-electron chi connectivity index (χ0n) is 13.9. The summed E-state index contributed by atoms with van der Waals surface area (Å²) in [5.74, 6) is 0.472. The summed E-state index contributed by atoms with van der Waals surface area (Å²) in [7, 11) is 2.92. The maximum Gasteiger partial charge on any atom is 0.247 e. The summed E-state index contributed by atoms with van der Waals surface area (Å²) in [6, 6.07) is 9.64. The lowest BCUT2D eigenvalue weighted by Gasteiger charge is -2.04. The molecule has 0 unspecified atom stereocenters. The fourth-order valence-corrected chi connectivity index (χ4v) is 2.04. The summed E-state index contributed by atoms with van der Waals surface area (Å²) in [6.45, 7) is 0. The van der Waals surface area contributed by atoms with Crippen molar-refractivity contribution in [2.75, 3.05) is 14.2 Å². The maximum atomic E-state index is 11.8. The van der Waals surface area contributed by atoms with E-state index in [1.165, 1.54) is 38.6 Å². The Kier molecular flexibility index (Phi) is 6.06. The number of carbonyl (C=O) groups excluding carboxylic acids is 1. The summed E-state index contributed by atoms with van der Waals surface area (Å²) in [5.41, 5.74) is 1.49. The Morgan fingerprint density at radius 1 is 0.920 bits per heavy atom. The average Bonchev–Trinajstić information content (AvgIpc) is 2.62. The molecule has 130 valence electrons. The van der Waals surface area contributed by atoms with Crippen molar-refractivity contribution in [2.24, 2.45) is 0 Å². The van der Waals surface area contributed by atoms with Crippen molar-refractivity contribution in [3.05, 3.63) is 59.8 Å². The van der Waals surface area contributed by atoms with Gasteiger partial charge in [0.15, 0.2) is 23.0 Å². The van der Waals surface area contributed by atoms with E-state index < -0.39 is 0 Å². The quantitative estimate of drug-likeness (QED) is 0.703. The minimum absolute atomic E-state index is 0.0383. The second-order valence-electron chi connectivity index (χ2n) is 5.04. The number of benzene rings is 2.